The Hall–Kier alpha value is -1.62. The Bertz CT molecular complexity index is 557. The number of fused-ring (bicyclic) bond motifs is 1. The van der Waals surface area contributed by atoms with Crippen molar-refractivity contribution in [2.75, 3.05) is 11.4 Å². The second-order valence-electron chi connectivity index (χ2n) is 5.44. The first-order valence-corrected chi connectivity index (χ1v) is 6.34. The van der Waals surface area contributed by atoms with E-state index < -0.39 is 5.60 Å². The minimum atomic E-state index is -0.718. The molecule has 5 heteroatoms. The van der Waals surface area contributed by atoms with Gasteiger partial charge in [-0.2, -0.15) is 0 Å². The zero-order chi connectivity index (χ0) is 12.8. The Balaban J connectivity index is 2.06. The topological polar surface area (TPSA) is 65.0 Å². The van der Waals surface area contributed by atoms with Gasteiger partial charge in [-0.05, 0) is 32.8 Å². The predicted octanol–water partition coefficient (Wildman–Crippen LogP) is 1.70. The molecule has 3 heterocycles. The van der Waals surface area contributed by atoms with Gasteiger partial charge >= 0.3 is 0 Å². The van der Waals surface area contributed by atoms with E-state index in [-0.39, 0.29) is 6.04 Å². The lowest BCUT2D eigenvalue weighted by atomic mass is 9.96. The van der Waals surface area contributed by atoms with Gasteiger partial charge in [-0.15, -0.1) is 0 Å². The molecule has 96 valence electrons. The maximum atomic E-state index is 10.3. The Kier molecular flexibility index (Phi) is 2.52. The molecule has 0 bridgehead atoms. The second kappa shape index (κ2) is 3.95. The Morgan fingerprint density at radius 3 is 3.06 bits per heavy atom. The highest BCUT2D eigenvalue weighted by atomic mass is 16.3. The van der Waals surface area contributed by atoms with E-state index >= 15 is 0 Å². The van der Waals surface area contributed by atoms with E-state index in [0.717, 1.165) is 36.2 Å². The molecule has 0 spiro atoms. The molecule has 0 amide bonds. The highest BCUT2D eigenvalue weighted by Gasteiger charge is 2.37. The molecule has 2 aromatic heterocycles. The van der Waals surface area contributed by atoms with E-state index in [1.54, 1.807) is 6.33 Å². The van der Waals surface area contributed by atoms with Crippen molar-refractivity contribution in [2.24, 2.45) is 0 Å². The number of anilines is 1. The van der Waals surface area contributed by atoms with E-state index in [4.69, 9.17) is 0 Å². The van der Waals surface area contributed by atoms with Gasteiger partial charge in [0.15, 0.2) is 0 Å². The van der Waals surface area contributed by atoms with Crippen molar-refractivity contribution < 1.29 is 5.11 Å². The Morgan fingerprint density at radius 2 is 2.28 bits per heavy atom. The fourth-order valence-electron chi connectivity index (χ4n) is 2.84. The third-order valence-corrected chi connectivity index (χ3v) is 3.67. The summed E-state index contributed by atoms with van der Waals surface area (Å²) in [4.78, 5) is 13.9. The predicted molar refractivity (Wildman–Crippen MR) is 70.6 cm³/mol. The van der Waals surface area contributed by atoms with Crippen molar-refractivity contribution in [3.63, 3.8) is 0 Å². The fraction of sp³-hybridized carbons (Fsp3) is 0.538. The molecule has 0 unspecified atom stereocenters. The van der Waals surface area contributed by atoms with Crippen LogP contribution in [0.4, 0.5) is 5.82 Å². The smallest absolute Gasteiger partial charge is 0.142 e. The summed E-state index contributed by atoms with van der Waals surface area (Å²) in [5.41, 5.74) is 0.130. The molecule has 3 rings (SSSR count). The van der Waals surface area contributed by atoms with Crippen molar-refractivity contribution in [1.29, 1.82) is 0 Å². The van der Waals surface area contributed by atoms with Crippen LogP contribution in [0, 0.1) is 0 Å². The van der Waals surface area contributed by atoms with Crippen LogP contribution in [0.1, 0.15) is 26.7 Å². The van der Waals surface area contributed by atoms with Crippen LogP contribution in [0.3, 0.4) is 0 Å². The molecule has 0 aromatic carbocycles. The molecule has 1 fully saturated rings. The molecule has 18 heavy (non-hydrogen) atoms. The minimum absolute atomic E-state index is 0.116. The monoisotopic (exact) mass is 246 g/mol. The van der Waals surface area contributed by atoms with E-state index in [1.807, 2.05) is 26.1 Å². The third kappa shape index (κ3) is 1.75. The summed E-state index contributed by atoms with van der Waals surface area (Å²) >= 11 is 0. The fourth-order valence-corrected chi connectivity index (χ4v) is 2.84. The summed E-state index contributed by atoms with van der Waals surface area (Å²) in [5, 5.41) is 11.3. The molecule has 1 aliphatic heterocycles. The molecule has 0 saturated carbocycles. The summed E-state index contributed by atoms with van der Waals surface area (Å²) in [5.74, 6) is 0.922. The van der Waals surface area contributed by atoms with Crippen LogP contribution >= 0.6 is 0 Å². The number of hydrogen-bond donors (Lipinski definition) is 2. The van der Waals surface area contributed by atoms with Crippen molar-refractivity contribution >= 4 is 16.9 Å². The average Bonchev–Trinajstić information content (AvgIpc) is 2.96. The summed E-state index contributed by atoms with van der Waals surface area (Å²) in [6, 6.07) is 2.11. The van der Waals surface area contributed by atoms with Gasteiger partial charge in [0.05, 0.1) is 17.0 Å². The molecular weight excluding hydrogens is 228 g/mol. The maximum Gasteiger partial charge on any atom is 0.142 e. The first kappa shape index (κ1) is 11.5. The van der Waals surface area contributed by atoms with Gasteiger partial charge < -0.3 is 15.0 Å². The van der Waals surface area contributed by atoms with Gasteiger partial charge in [-0.1, -0.05) is 0 Å². The molecular formula is C13H18N4O. The molecule has 1 aliphatic rings. The van der Waals surface area contributed by atoms with Crippen molar-refractivity contribution in [3.8, 4) is 0 Å². The van der Waals surface area contributed by atoms with Crippen molar-refractivity contribution in [1.82, 2.24) is 15.0 Å². The molecule has 0 aliphatic carbocycles. The van der Waals surface area contributed by atoms with E-state index in [9.17, 15) is 5.11 Å². The quantitative estimate of drug-likeness (QED) is 0.846. The summed E-state index contributed by atoms with van der Waals surface area (Å²) < 4.78 is 0. The van der Waals surface area contributed by atoms with Crippen LogP contribution < -0.4 is 4.90 Å². The van der Waals surface area contributed by atoms with Crippen molar-refractivity contribution in [2.45, 2.75) is 38.3 Å². The Morgan fingerprint density at radius 1 is 1.44 bits per heavy atom. The first-order chi connectivity index (χ1) is 8.57. The van der Waals surface area contributed by atoms with Crippen molar-refractivity contribution in [3.05, 3.63) is 18.6 Å². The van der Waals surface area contributed by atoms with E-state index in [2.05, 4.69) is 19.9 Å². The van der Waals surface area contributed by atoms with Gasteiger partial charge in [-0.25, -0.2) is 9.97 Å². The van der Waals surface area contributed by atoms with Crippen LogP contribution in [-0.2, 0) is 0 Å². The largest absolute Gasteiger partial charge is 0.388 e. The maximum absolute atomic E-state index is 10.3. The Labute approximate surface area is 106 Å². The molecule has 1 saturated heterocycles. The van der Waals surface area contributed by atoms with E-state index in [0.29, 0.717) is 0 Å². The molecule has 2 aromatic rings. The zero-order valence-electron chi connectivity index (χ0n) is 10.7. The van der Waals surface area contributed by atoms with Crippen LogP contribution in [-0.4, -0.2) is 38.2 Å². The molecule has 0 radical (unpaired) electrons. The lowest BCUT2D eigenvalue weighted by Gasteiger charge is -2.34. The van der Waals surface area contributed by atoms with Gasteiger partial charge in [0.1, 0.15) is 17.8 Å². The van der Waals surface area contributed by atoms with Crippen LogP contribution in [0.5, 0.6) is 0 Å². The standard InChI is InChI=1S/C13H18N4O/c1-13(2,18)10-4-3-7-17(10)12-9-5-6-14-11(9)15-8-16-12/h5-6,8,10,18H,3-4,7H2,1-2H3,(H,14,15,16)/t10-/m1/s1. The zero-order valence-corrected chi connectivity index (χ0v) is 10.7. The van der Waals surface area contributed by atoms with Gasteiger partial charge in [0.2, 0.25) is 0 Å². The number of nitrogens with one attached hydrogen (secondary N) is 1. The van der Waals surface area contributed by atoms with Gasteiger partial charge in [0, 0.05) is 12.7 Å². The highest BCUT2D eigenvalue weighted by Crippen LogP contribution is 2.33. The minimum Gasteiger partial charge on any atom is -0.388 e. The normalized spacial score (nSPS) is 20.8. The molecule has 2 N–H and O–H groups in total. The average molecular weight is 246 g/mol. The second-order valence-corrected chi connectivity index (χ2v) is 5.44. The number of aliphatic hydroxyl groups is 1. The number of aromatic nitrogens is 3. The SMILES string of the molecule is CC(C)(O)[C@H]1CCCN1c1ncnc2[nH]ccc12. The number of nitrogens with zero attached hydrogens (tertiary/aromatic N) is 3. The van der Waals surface area contributed by atoms with Gasteiger partial charge in [-0.3, -0.25) is 0 Å². The number of hydrogen-bond acceptors (Lipinski definition) is 4. The summed E-state index contributed by atoms with van der Waals surface area (Å²) in [6.45, 7) is 4.67. The van der Waals surface area contributed by atoms with E-state index in [1.165, 1.54) is 0 Å². The first-order valence-electron chi connectivity index (χ1n) is 6.34. The van der Waals surface area contributed by atoms with Crippen LogP contribution in [0.2, 0.25) is 0 Å². The highest BCUT2D eigenvalue weighted by molar-refractivity contribution is 5.87. The van der Waals surface area contributed by atoms with Gasteiger partial charge in [0.25, 0.3) is 0 Å². The molecule has 5 nitrogen and oxygen atoms in total. The number of aromatic amines is 1. The summed E-state index contributed by atoms with van der Waals surface area (Å²) in [6.07, 6.45) is 5.54. The third-order valence-electron chi connectivity index (χ3n) is 3.67. The number of H-pyrrole nitrogens is 1. The lowest BCUT2D eigenvalue weighted by Crippen LogP contribution is -2.46. The van der Waals surface area contributed by atoms with Crippen LogP contribution in [0.15, 0.2) is 18.6 Å². The summed E-state index contributed by atoms with van der Waals surface area (Å²) in [7, 11) is 0. The molecule has 1 atom stereocenters. The van der Waals surface area contributed by atoms with Crippen LogP contribution in [0.25, 0.3) is 11.0 Å². The number of rotatable bonds is 2. The lowest BCUT2D eigenvalue weighted by molar-refractivity contribution is 0.0533.